The van der Waals surface area contributed by atoms with Gasteiger partial charge in [-0.1, -0.05) is 45.9 Å². The van der Waals surface area contributed by atoms with Gasteiger partial charge in [0.05, 0.1) is 11.4 Å². The van der Waals surface area contributed by atoms with Crippen LogP contribution in [0.25, 0.3) is 5.69 Å². The lowest BCUT2D eigenvalue weighted by Gasteiger charge is -2.08. The van der Waals surface area contributed by atoms with Crippen LogP contribution in [0.3, 0.4) is 0 Å². The Labute approximate surface area is 114 Å². The third-order valence-electron chi connectivity index (χ3n) is 3.39. The smallest absolute Gasteiger partial charge is 0.218 e. The van der Waals surface area contributed by atoms with Gasteiger partial charge < -0.3 is 5.11 Å². The molecular formula is C16H22N2O. The monoisotopic (exact) mass is 258 g/mol. The number of hydrogen-bond acceptors (Lipinski definition) is 2. The molecule has 0 spiro atoms. The van der Waals surface area contributed by atoms with Crippen LogP contribution in [0.5, 0.6) is 5.88 Å². The van der Waals surface area contributed by atoms with Crippen molar-refractivity contribution in [3.63, 3.8) is 0 Å². The van der Waals surface area contributed by atoms with Crippen molar-refractivity contribution in [3.05, 3.63) is 41.1 Å². The van der Waals surface area contributed by atoms with E-state index in [-0.39, 0.29) is 11.8 Å². The van der Waals surface area contributed by atoms with Crippen LogP contribution in [0.1, 0.15) is 56.4 Å². The van der Waals surface area contributed by atoms with Gasteiger partial charge in [0.25, 0.3) is 0 Å². The van der Waals surface area contributed by atoms with Gasteiger partial charge >= 0.3 is 0 Å². The lowest BCUT2D eigenvalue weighted by molar-refractivity contribution is 0.425. The van der Waals surface area contributed by atoms with Crippen molar-refractivity contribution in [2.24, 2.45) is 0 Å². The lowest BCUT2D eigenvalue weighted by Crippen LogP contribution is -1.99. The predicted octanol–water partition coefficient (Wildman–Crippen LogP) is 4.13. The first-order valence-corrected chi connectivity index (χ1v) is 6.81. The molecule has 0 amide bonds. The summed E-state index contributed by atoms with van der Waals surface area (Å²) in [6.45, 7) is 10.4. The molecule has 19 heavy (non-hydrogen) atoms. The molecule has 3 heteroatoms. The second-order valence-electron chi connectivity index (χ2n) is 5.63. The molecule has 0 aliphatic heterocycles. The lowest BCUT2D eigenvalue weighted by atomic mass is 9.97. The highest BCUT2D eigenvalue weighted by atomic mass is 16.3. The number of aryl methyl sites for hydroxylation is 1. The zero-order valence-electron chi connectivity index (χ0n) is 12.3. The zero-order chi connectivity index (χ0) is 14.2. The van der Waals surface area contributed by atoms with Crippen molar-refractivity contribution in [1.29, 1.82) is 0 Å². The van der Waals surface area contributed by atoms with Crippen molar-refractivity contribution >= 4 is 0 Å². The average molecular weight is 258 g/mol. The molecule has 1 aromatic heterocycles. The number of nitrogens with zero attached hydrogens (tertiary/aromatic N) is 2. The average Bonchev–Trinajstić information content (AvgIpc) is 2.68. The molecule has 0 bridgehead atoms. The topological polar surface area (TPSA) is 38.0 Å². The van der Waals surface area contributed by atoms with Gasteiger partial charge in [-0.3, -0.25) is 0 Å². The maximum atomic E-state index is 10.5. The molecule has 1 aromatic carbocycles. The summed E-state index contributed by atoms with van der Waals surface area (Å²) >= 11 is 0. The van der Waals surface area contributed by atoms with Crippen LogP contribution in [0.2, 0.25) is 0 Å². The second kappa shape index (κ2) is 5.08. The van der Waals surface area contributed by atoms with Crippen molar-refractivity contribution in [3.8, 4) is 11.6 Å². The SMILES string of the molecule is Cc1ccccc1-n1nc(C(C)C)c(C(C)C)c1O. The third-order valence-corrected chi connectivity index (χ3v) is 3.39. The van der Waals surface area contributed by atoms with Crippen LogP contribution in [0.15, 0.2) is 24.3 Å². The summed E-state index contributed by atoms with van der Waals surface area (Å²) in [6.07, 6.45) is 0. The summed E-state index contributed by atoms with van der Waals surface area (Å²) in [4.78, 5) is 0. The quantitative estimate of drug-likeness (QED) is 0.898. The van der Waals surface area contributed by atoms with Crippen LogP contribution >= 0.6 is 0 Å². The Hall–Kier alpha value is -1.77. The predicted molar refractivity (Wildman–Crippen MR) is 78.1 cm³/mol. The third kappa shape index (κ3) is 2.37. The van der Waals surface area contributed by atoms with Crippen molar-refractivity contribution in [2.45, 2.75) is 46.5 Å². The van der Waals surface area contributed by atoms with Crippen molar-refractivity contribution in [1.82, 2.24) is 9.78 Å². The first-order valence-electron chi connectivity index (χ1n) is 6.81. The van der Waals surface area contributed by atoms with Crippen LogP contribution < -0.4 is 0 Å². The van der Waals surface area contributed by atoms with Crippen LogP contribution in [0.4, 0.5) is 0 Å². The first-order chi connectivity index (χ1) is 8.93. The fourth-order valence-electron chi connectivity index (χ4n) is 2.39. The Bertz CT molecular complexity index is 582. The fourth-order valence-corrected chi connectivity index (χ4v) is 2.39. The largest absolute Gasteiger partial charge is 0.493 e. The van der Waals surface area contributed by atoms with Crippen molar-refractivity contribution < 1.29 is 5.11 Å². The summed E-state index contributed by atoms with van der Waals surface area (Å²) in [5, 5.41) is 15.1. The van der Waals surface area contributed by atoms with E-state index in [4.69, 9.17) is 0 Å². The van der Waals surface area contributed by atoms with Gasteiger partial charge in [0.15, 0.2) is 0 Å². The summed E-state index contributed by atoms with van der Waals surface area (Å²) < 4.78 is 1.67. The van der Waals surface area contributed by atoms with E-state index in [1.165, 1.54) is 0 Å². The van der Waals surface area contributed by atoms with Gasteiger partial charge in [-0.15, -0.1) is 0 Å². The van der Waals surface area contributed by atoms with Crippen molar-refractivity contribution in [2.75, 3.05) is 0 Å². The van der Waals surface area contributed by atoms with Crippen LogP contribution in [-0.2, 0) is 0 Å². The Morgan fingerprint density at radius 3 is 2.16 bits per heavy atom. The Morgan fingerprint density at radius 1 is 1.05 bits per heavy atom. The summed E-state index contributed by atoms with van der Waals surface area (Å²) in [6, 6.07) is 7.97. The van der Waals surface area contributed by atoms with E-state index in [1.54, 1.807) is 4.68 Å². The molecule has 0 radical (unpaired) electrons. The minimum Gasteiger partial charge on any atom is -0.493 e. The highest BCUT2D eigenvalue weighted by molar-refractivity contribution is 5.46. The summed E-state index contributed by atoms with van der Waals surface area (Å²) in [5.41, 5.74) is 3.98. The standard InChI is InChI=1S/C16H22N2O/c1-10(2)14-15(11(3)4)17-18(16(14)19)13-9-7-6-8-12(13)5/h6-11,19H,1-5H3. The molecule has 0 fully saturated rings. The second-order valence-corrected chi connectivity index (χ2v) is 5.63. The molecular weight excluding hydrogens is 236 g/mol. The van der Waals surface area contributed by atoms with Crippen LogP contribution in [0, 0.1) is 6.92 Å². The molecule has 0 aliphatic carbocycles. The summed E-state index contributed by atoms with van der Waals surface area (Å²) in [5.74, 6) is 0.830. The van der Waals surface area contributed by atoms with Gasteiger partial charge in [-0.05, 0) is 30.4 Å². The molecule has 2 rings (SSSR count). The minimum atomic E-state index is 0.259. The highest BCUT2D eigenvalue weighted by Crippen LogP contribution is 2.35. The van der Waals surface area contributed by atoms with Gasteiger partial charge in [0.2, 0.25) is 5.88 Å². The normalized spacial score (nSPS) is 11.5. The molecule has 0 aliphatic rings. The summed E-state index contributed by atoms with van der Waals surface area (Å²) in [7, 11) is 0. The number of benzene rings is 1. The van der Waals surface area contributed by atoms with E-state index in [0.29, 0.717) is 5.92 Å². The van der Waals surface area contributed by atoms with E-state index in [1.807, 2.05) is 31.2 Å². The van der Waals surface area contributed by atoms with E-state index in [9.17, 15) is 5.11 Å². The van der Waals surface area contributed by atoms with Gasteiger partial charge in [0.1, 0.15) is 0 Å². The van der Waals surface area contributed by atoms with E-state index in [2.05, 4.69) is 32.8 Å². The molecule has 0 atom stereocenters. The number of para-hydroxylation sites is 1. The van der Waals surface area contributed by atoms with E-state index in [0.717, 1.165) is 22.5 Å². The maximum absolute atomic E-state index is 10.5. The first kappa shape index (κ1) is 13.7. The Morgan fingerprint density at radius 2 is 1.68 bits per heavy atom. The molecule has 102 valence electrons. The highest BCUT2D eigenvalue weighted by Gasteiger charge is 2.22. The zero-order valence-corrected chi connectivity index (χ0v) is 12.3. The Balaban J connectivity index is 2.67. The van der Waals surface area contributed by atoms with E-state index < -0.39 is 0 Å². The fraction of sp³-hybridized carbons (Fsp3) is 0.438. The minimum absolute atomic E-state index is 0.259. The number of hydrogen-bond donors (Lipinski definition) is 1. The van der Waals surface area contributed by atoms with Gasteiger partial charge in [-0.2, -0.15) is 5.10 Å². The molecule has 3 nitrogen and oxygen atoms in total. The van der Waals surface area contributed by atoms with Gasteiger partial charge in [-0.25, -0.2) is 4.68 Å². The molecule has 2 aromatic rings. The number of rotatable bonds is 3. The maximum Gasteiger partial charge on any atom is 0.218 e. The molecule has 0 unspecified atom stereocenters. The Kier molecular flexibility index (Phi) is 3.65. The molecule has 0 saturated heterocycles. The molecule has 1 N–H and O–H groups in total. The van der Waals surface area contributed by atoms with Gasteiger partial charge in [0, 0.05) is 5.56 Å². The number of aromatic hydroxyl groups is 1. The number of aromatic nitrogens is 2. The van der Waals surface area contributed by atoms with Crippen LogP contribution in [-0.4, -0.2) is 14.9 Å². The molecule has 1 heterocycles. The molecule has 0 saturated carbocycles. The van der Waals surface area contributed by atoms with E-state index >= 15 is 0 Å².